The second kappa shape index (κ2) is 7.48. The van der Waals surface area contributed by atoms with Crippen molar-refractivity contribution in [3.05, 3.63) is 29.8 Å². The summed E-state index contributed by atoms with van der Waals surface area (Å²) in [6.07, 6.45) is 6.46. The van der Waals surface area contributed by atoms with Gasteiger partial charge in [-0.1, -0.05) is 6.07 Å². The lowest BCUT2D eigenvalue weighted by Crippen LogP contribution is -2.29. The van der Waals surface area contributed by atoms with E-state index in [4.69, 9.17) is 9.47 Å². The zero-order valence-electron chi connectivity index (χ0n) is 11.8. The molecule has 0 atom stereocenters. The fourth-order valence-electron chi connectivity index (χ4n) is 2.69. The van der Waals surface area contributed by atoms with Crippen molar-refractivity contribution < 1.29 is 14.3 Å². The van der Waals surface area contributed by atoms with Crippen molar-refractivity contribution in [2.75, 3.05) is 19.7 Å². The van der Waals surface area contributed by atoms with E-state index in [9.17, 15) is 4.79 Å². The molecule has 4 nitrogen and oxygen atoms in total. The highest BCUT2D eigenvalue weighted by Crippen LogP contribution is 2.32. The van der Waals surface area contributed by atoms with Gasteiger partial charge in [-0.3, -0.25) is 4.79 Å². The molecule has 1 aromatic rings. The van der Waals surface area contributed by atoms with E-state index in [0.717, 1.165) is 37.2 Å². The Kier molecular flexibility index (Phi) is 5.65. The number of piperidine rings is 1. The molecule has 114 valence electrons. The van der Waals surface area contributed by atoms with Crippen LogP contribution in [0.4, 0.5) is 0 Å². The Morgan fingerprint density at radius 3 is 2.95 bits per heavy atom. The van der Waals surface area contributed by atoms with Gasteiger partial charge in [0.2, 0.25) is 0 Å². The topological polar surface area (TPSA) is 47.6 Å². The molecule has 2 aliphatic heterocycles. The zero-order valence-corrected chi connectivity index (χ0v) is 12.7. The minimum Gasteiger partial charge on any atom is -0.489 e. The van der Waals surface area contributed by atoms with Gasteiger partial charge in [0.25, 0.3) is 0 Å². The number of hydrogen-bond acceptors (Lipinski definition) is 4. The van der Waals surface area contributed by atoms with Gasteiger partial charge in [-0.05, 0) is 56.1 Å². The van der Waals surface area contributed by atoms with Crippen LogP contribution in [0.2, 0.25) is 0 Å². The van der Waals surface area contributed by atoms with Crippen molar-refractivity contribution in [3.63, 3.8) is 0 Å². The van der Waals surface area contributed by atoms with Crippen molar-refractivity contribution >= 4 is 24.5 Å². The van der Waals surface area contributed by atoms with Crippen LogP contribution in [0, 0.1) is 5.92 Å². The Morgan fingerprint density at radius 1 is 1.33 bits per heavy atom. The molecule has 1 fully saturated rings. The molecular formula is C16H20ClNO3. The van der Waals surface area contributed by atoms with Crippen LogP contribution in [-0.4, -0.2) is 25.7 Å². The van der Waals surface area contributed by atoms with Gasteiger partial charge in [-0.25, -0.2) is 0 Å². The number of carbonyl (C=O) groups excluding carboxylic acids is 1. The molecule has 0 aliphatic carbocycles. The highest BCUT2D eigenvalue weighted by Gasteiger charge is 2.19. The summed E-state index contributed by atoms with van der Waals surface area (Å²) in [5.74, 6) is 1.66. The Morgan fingerprint density at radius 2 is 2.14 bits per heavy atom. The minimum absolute atomic E-state index is 0. The maximum absolute atomic E-state index is 12.1. The second-order valence-electron chi connectivity index (χ2n) is 5.25. The van der Waals surface area contributed by atoms with Gasteiger partial charge >= 0.3 is 5.97 Å². The summed E-state index contributed by atoms with van der Waals surface area (Å²) in [5, 5.41) is 3.30. The normalized spacial score (nSPS) is 17.3. The average molecular weight is 310 g/mol. The standard InChI is InChI=1S/C16H19NO3.ClH/c18-16(11-12-6-8-17-9-7-12)20-15-5-1-4-14-13(15)3-2-10-19-14;/h1-5,12,17H,6-11H2;1H. The van der Waals surface area contributed by atoms with Crippen LogP contribution < -0.4 is 14.8 Å². The lowest BCUT2D eigenvalue weighted by molar-refractivity contribution is -0.135. The van der Waals surface area contributed by atoms with Gasteiger partial charge in [0.15, 0.2) is 0 Å². The van der Waals surface area contributed by atoms with E-state index in [2.05, 4.69) is 5.32 Å². The molecule has 2 heterocycles. The predicted octanol–water partition coefficient (Wildman–Crippen LogP) is 2.81. The third-order valence-corrected chi connectivity index (χ3v) is 3.78. The molecule has 21 heavy (non-hydrogen) atoms. The first-order chi connectivity index (χ1) is 9.83. The SMILES string of the molecule is Cl.O=C(CC1CCNCC1)Oc1cccc2c1C=CCO2. The van der Waals surface area contributed by atoms with E-state index >= 15 is 0 Å². The molecule has 1 N–H and O–H groups in total. The van der Waals surface area contributed by atoms with Crippen LogP contribution in [0.1, 0.15) is 24.8 Å². The van der Waals surface area contributed by atoms with E-state index in [-0.39, 0.29) is 18.4 Å². The number of hydrogen-bond donors (Lipinski definition) is 1. The second-order valence-corrected chi connectivity index (χ2v) is 5.25. The summed E-state index contributed by atoms with van der Waals surface area (Å²) < 4.78 is 11.0. The lowest BCUT2D eigenvalue weighted by atomic mass is 9.95. The van der Waals surface area contributed by atoms with Crippen LogP contribution in [0.25, 0.3) is 6.08 Å². The number of halogens is 1. The van der Waals surface area contributed by atoms with E-state index in [0.29, 0.717) is 24.7 Å². The predicted molar refractivity (Wildman–Crippen MR) is 84.1 cm³/mol. The van der Waals surface area contributed by atoms with Crippen LogP contribution in [-0.2, 0) is 4.79 Å². The van der Waals surface area contributed by atoms with Crippen molar-refractivity contribution in [1.82, 2.24) is 5.32 Å². The Bertz CT molecular complexity index is 524. The van der Waals surface area contributed by atoms with Crippen LogP contribution in [0.5, 0.6) is 11.5 Å². The molecule has 0 unspecified atom stereocenters. The third kappa shape index (κ3) is 3.99. The molecule has 0 bridgehead atoms. The van der Waals surface area contributed by atoms with E-state index in [1.54, 1.807) is 0 Å². The number of esters is 1. The summed E-state index contributed by atoms with van der Waals surface area (Å²) in [7, 11) is 0. The average Bonchev–Trinajstić information content (AvgIpc) is 2.48. The largest absolute Gasteiger partial charge is 0.489 e. The smallest absolute Gasteiger partial charge is 0.311 e. The number of nitrogens with one attached hydrogen (secondary N) is 1. The molecule has 0 radical (unpaired) electrons. The van der Waals surface area contributed by atoms with Crippen molar-refractivity contribution in [3.8, 4) is 11.5 Å². The number of carbonyl (C=O) groups is 1. The van der Waals surface area contributed by atoms with Gasteiger partial charge in [0, 0.05) is 6.42 Å². The number of rotatable bonds is 3. The summed E-state index contributed by atoms with van der Waals surface area (Å²) in [6.45, 7) is 2.56. The van der Waals surface area contributed by atoms with E-state index in [1.165, 1.54) is 0 Å². The fraction of sp³-hybridized carbons (Fsp3) is 0.438. The van der Waals surface area contributed by atoms with Gasteiger partial charge in [0.05, 0.1) is 5.56 Å². The quantitative estimate of drug-likeness (QED) is 0.689. The van der Waals surface area contributed by atoms with Gasteiger partial charge in [0.1, 0.15) is 18.1 Å². The first-order valence-corrected chi connectivity index (χ1v) is 7.16. The molecule has 0 amide bonds. The summed E-state index contributed by atoms with van der Waals surface area (Å²) in [5.41, 5.74) is 0.859. The Hall–Kier alpha value is -1.52. The van der Waals surface area contributed by atoms with Crippen LogP contribution in [0.15, 0.2) is 24.3 Å². The summed E-state index contributed by atoms with van der Waals surface area (Å²) >= 11 is 0. The van der Waals surface area contributed by atoms with Crippen molar-refractivity contribution in [1.29, 1.82) is 0 Å². The molecular weight excluding hydrogens is 290 g/mol. The fourth-order valence-corrected chi connectivity index (χ4v) is 2.69. The van der Waals surface area contributed by atoms with Gasteiger partial charge < -0.3 is 14.8 Å². The third-order valence-electron chi connectivity index (χ3n) is 3.78. The summed E-state index contributed by atoms with van der Waals surface area (Å²) in [4.78, 5) is 12.1. The molecule has 5 heteroatoms. The van der Waals surface area contributed by atoms with Gasteiger partial charge in [-0.2, -0.15) is 0 Å². The van der Waals surface area contributed by atoms with Crippen LogP contribution in [0.3, 0.4) is 0 Å². The summed E-state index contributed by atoms with van der Waals surface area (Å²) in [6, 6.07) is 5.56. The maximum atomic E-state index is 12.1. The number of fused-ring (bicyclic) bond motifs is 1. The highest BCUT2D eigenvalue weighted by molar-refractivity contribution is 5.85. The lowest BCUT2D eigenvalue weighted by Gasteiger charge is -2.22. The molecule has 1 saturated heterocycles. The van der Waals surface area contributed by atoms with Gasteiger partial charge in [-0.15, -0.1) is 12.4 Å². The van der Waals surface area contributed by atoms with Crippen molar-refractivity contribution in [2.45, 2.75) is 19.3 Å². The number of benzene rings is 1. The minimum atomic E-state index is -0.149. The monoisotopic (exact) mass is 309 g/mol. The van der Waals surface area contributed by atoms with Crippen LogP contribution >= 0.6 is 12.4 Å². The molecule has 0 aromatic heterocycles. The Labute approximate surface area is 130 Å². The molecule has 0 saturated carbocycles. The first-order valence-electron chi connectivity index (χ1n) is 7.16. The van der Waals surface area contributed by atoms with E-state index in [1.807, 2.05) is 30.4 Å². The zero-order chi connectivity index (χ0) is 13.8. The molecule has 1 aromatic carbocycles. The maximum Gasteiger partial charge on any atom is 0.311 e. The molecule has 3 rings (SSSR count). The number of ether oxygens (including phenoxy) is 2. The molecule has 2 aliphatic rings. The van der Waals surface area contributed by atoms with E-state index < -0.39 is 0 Å². The Balaban J connectivity index is 0.00000161. The first kappa shape index (κ1) is 15.9. The molecule has 0 spiro atoms. The van der Waals surface area contributed by atoms with Crippen molar-refractivity contribution in [2.24, 2.45) is 5.92 Å². The highest BCUT2D eigenvalue weighted by atomic mass is 35.5.